The molecule has 6 nitrogen and oxygen atoms in total. The van der Waals surface area contributed by atoms with Gasteiger partial charge in [-0.15, -0.1) is 0 Å². The summed E-state index contributed by atoms with van der Waals surface area (Å²) in [5, 5.41) is 8.12. The lowest BCUT2D eigenvalue weighted by atomic mass is 9.90. The van der Waals surface area contributed by atoms with E-state index in [0.717, 1.165) is 17.2 Å². The zero-order valence-electron chi connectivity index (χ0n) is 23.1. The van der Waals surface area contributed by atoms with Gasteiger partial charge in [0.25, 0.3) is 5.91 Å². The molecule has 4 N–H and O–H groups in total. The molecule has 1 heterocycles. The highest BCUT2D eigenvalue weighted by atomic mass is 19.1. The second-order valence-electron chi connectivity index (χ2n) is 10.7. The predicted octanol–water partition coefficient (Wildman–Crippen LogP) is 4.84. The summed E-state index contributed by atoms with van der Waals surface area (Å²) in [7, 11) is 0. The maximum atomic E-state index is 13.8. The smallest absolute Gasteiger partial charge is 0.251 e. The fraction of sp³-hybridized carbons (Fsp3) is 0.294. The van der Waals surface area contributed by atoms with Crippen LogP contribution in [0.3, 0.4) is 0 Å². The van der Waals surface area contributed by atoms with Gasteiger partial charge >= 0.3 is 0 Å². The Bertz CT molecular complexity index is 1420. The van der Waals surface area contributed by atoms with Gasteiger partial charge in [0.2, 0.25) is 5.91 Å². The Morgan fingerprint density at radius 2 is 1.61 bits per heavy atom. The molecule has 1 fully saturated rings. The highest BCUT2D eigenvalue weighted by Gasteiger charge is 2.32. The van der Waals surface area contributed by atoms with Gasteiger partial charge in [-0.25, -0.2) is 4.39 Å². The minimum atomic E-state index is -0.370. The maximum absolute atomic E-state index is 13.8. The first-order valence-corrected chi connectivity index (χ1v) is 14.3. The van der Waals surface area contributed by atoms with E-state index in [1.54, 1.807) is 24.3 Å². The largest absolute Gasteiger partial charge is 0.350 e. The van der Waals surface area contributed by atoms with E-state index in [2.05, 4.69) is 34.9 Å². The Morgan fingerprint density at radius 1 is 0.951 bits per heavy atom. The van der Waals surface area contributed by atoms with Gasteiger partial charge in [0, 0.05) is 37.2 Å². The number of benzene rings is 4. The summed E-state index contributed by atoms with van der Waals surface area (Å²) in [4.78, 5) is 28.8. The molecular weight excluding hydrogens is 515 g/mol. The van der Waals surface area contributed by atoms with Gasteiger partial charge in [-0.05, 0) is 72.0 Å². The van der Waals surface area contributed by atoms with Crippen LogP contribution in [0, 0.1) is 5.82 Å². The summed E-state index contributed by atoms with van der Waals surface area (Å²) in [6.07, 6.45) is 2.08. The third-order valence-electron chi connectivity index (χ3n) is 7.87. The van der Waals surface area contributed by atoms with Crippen molar-refractivity contribution in [2.24, 2.45) is 5.73 Å². The van der Waals surface area contributed by atoms with Gasteiger partial charge in [-0.3, -0.25) is 9.59 Å². The molecule has 1 saturated heterocycles. The summed E-state index contributed by atoms with van der Waals surface area (Å²) in [5.74, 6) is -0.377. The van der Waals surface area contributed by atoms with Gasteiger partial charge in [0.15, 0.2) is 0 Å². The number of carbonyl (C=O) groups is 2. The minimum Gasteiger partial charge on any atom is -0.350 e. The molecule has 1 aliphatic rings. The lowest BCUT2D eigenvalue weighted by molar-refractivity contribution is -0.133. The van der Waals surface area contributed by atoms with E-state index in [4.69, 9.17) is 5.73 Å². The number of rotatable bonds is 10. The number of hydrogen-bond donors (Lipinski definition) is 3. The second-order valence-corrected chi connectivity index (χ2v) is 10.7. The highest BCUT2D eigenvalue weighted by Crippen LogP contribution is 2.27. The van der Waals surface area contributed by atoms with Gasteiger partial charge in [0.05, 0.1) is 6.04 Å². The first-order chi connectivity index (χ1) is 20.0. The normalized spacial score (nSPS) is 17.5. The van der Waals surface area contributed by atoms with E-state index < -0.39 is 0 Å². The van der Waals surface area contributed by atoms with Crippen molar-refractivity contribution in [3.05, 3.63) is 120 Å². The topological polar surface area (TPSA) is 87.5 Å². The summed E-state index contributed by atoms with van der Waals surface area (Å²) < 4.78 is 13.5. The number of halogens is 1. The Labute approximate surface area is 240 Å². The molecule has 0 aromatic heterocycles. The predicted molar refractivity (Wildman–Crippen MR) is 161 cm³/mol. The molecule has 0 aliphatic carbocycles. The van der Waals surface area contributed by atoms with Crippen molar-refractivity contribution in [2.75, 3.05) is 26.2 Å². The first-order valence-electron chi connectivity index (χ1n) is 14.3. The van der Waals surface area contributed by atoms with Crippen molar-refractivity contribution in [2.45, 2.75) is 37.3 Å². The van der Waals surface area contributed by atoms with Crippen molar-refractivity contribution in [1.82, 2.24) is 15.5 Å². The van der Waals surface area contributed by atoms with Crippen LogP contribution in [0.4, 0.5) is 4.39 Å². The number of nitrogens with two attached hydrogens (primary N) is 1. The third kappa shape index (κ3) is 7.17. The molecule has 1 aliphatic heterocycles. The van der Waals surface area contributed by atoms with Crippen molar-refractivity contribution >= 4 is 22.6 Å². The molecule has 0 saturated carbocycles. The summed E-state index contributed by atoms with van der Waals surface area (Å²) >= 11 is 0. The zero-order chi connectivity index (χ0) is 28.6. The molecule has 4 aromatic rings. The van der Waals surface area contributed by atoms with E-state index in [-0.39, 0.29) is 35.6 Å². The maximum Gasteiger partial charge on any atom is 0.251 e. The number of hydrogen-bond acceptors (Lipinski definition) is 4. The number of nitrogens with one attached hydrogen (secondary N) is 2. The lowest BCUT2D eigenvalue weighted by Gasteiger charge is -2.29. The summed E-state index contributed by atoms with van der Waals surface area (Å²) in [6, 6.07) is 29.9. The van der Waals surface area contributed by atoms with Crippen LogP contribution in [0.5, 0.6) is 0 Å². The molecule has 2 unspecified atom stereocenters. The Morgan fingerprint density at radius 3 is 2.29 bits per heavy atom. The standard InChI is InChI=1S/C34H37FN4O2/c35-29-16-15-26-20-28(14-13-27(26)21-29)33(40)37-22-30-17-19-39(34(41)32(38-30)12-7-18-36)23-31(24-8-3-1-4-9-24)25-10-5-2-6-11-25/h1-6,8-11,13-16,20-21,30-32,38H,7,12,17-19,22-23,36H2,(H,37,40). The first kappa shape index (κ1) is 28.5. The molecule has 2 amide bonds. The second kappa shape index (κ2) is 13.5. The van der Waals surface area contributed by atoms with Crippen LogP contribution in [0.15, 0.2) is 97.1 Å². The number of carbonyl (C=O) groups excluding carboxylic acids is 2. The van der Waals surface area contributed by atoms with Gasteiger partial charge in [-0.2, -0.15) is 0 Å². The van der Waals surface area contributed by atoms with Crippen LogP contribution in [0.2, 0.25) is 0 Å². The van der Waals surface area contributed by atoms with Gasteiger partial charge < -0.3 is 21.3 Å². The lowest BCUT2D eigenvalue weighted by Crippen LogP contribution is -2.49. The molecular formula is C34H37FN4O2. The quantitative estimate of drug-likeness (QED) is 0.263. The van der Waals surface area contributed by atoms with E-state index >= 15 is 0 Å². The van der Waals surface area contributed by atoms with E-state index in [1.807, 2.05) is 41.3 Å². The average molecular weight is 553 g/mol. The average Bonchev–Trinajstić information content (AvgIpc) is 3.16. The molecule has 0 bridgehead atoms. The Kier molecular flexibility index (Phi) is 9.39. The zero-order valence-corrected chi connectivity index (χ0v) is 23.1. The van der Waals surface area contributed by atoms with Crippen molar-refractivity contribution in [3.8, 4) is 0 Å². The van der Waals surface area contributed by atoms with Crippen LogP contribution in [-0.4, -0.2) is 55.0 Å². The van der Waals surface area contributed by atoms with Crippen LogP contribution in [0.1, 0.15) is 46.7 Å². The molecule has 0 spiro atoms. The Balaban J connectivity index is 1.29. The fourth-order valence-electron chi connectivity index (χ4n) is 5.62. The molecule has 7 heteroatoms. The van der Waals surface area contributed by atoms with E-state index in [9.17, 15) is 14.0 Å². The molecule has 4 aromatic carbocycles. The van der Waals surface area contributed by atoms with E-state index in [1.165, 1.54) is 23.3 Å². The van der Waals surface area contributed by atoms with Gasteiger partial charge in [-0.1, -0.05) is 72.8 Å². The summed E-state index contributed by atoms with van der Waals surface area (Å²) in [5.41, 5.74) is 8.67. The molecule has 41 heavy (non-hydrogen) atoms. The van der Waals surface area contributed by atoms with Crippen LogP contribution in [0.25, 0.3) is 10.8 Å². The van der Waals surface area contributed by atoms with Crippen LogP contribution in [-0.2, 0) is 4.79 Å². The van der Waals surface area contributed by atoms with Crippen molar-refractivity contribution in [1.29, 1.82) is 0 Å². The monoisotopic (exact) mass is 552 g/mol. The van der Waals surface area contributed by atoms with E-state index in [0.29, 0.717) is 44.6 Å². The number of fused-ring (bicyclic) bond motifs is 1. The Hall–Kier alpha value is -4.07. The molecule has 0 radical (unpaired) electrons. The van der Waals surface area contributed by atoms with Crippen molar-refractivity contribution in [3.63, 3.8) is 0 Å². The number of nitrogens with zero attached hydrogens (tertiary/aromatic N) is 1. The SMILES string of the molecule is NCCCC1NC(CNC(=O)c2ccc3cc(F)ccc3c2)CCN(CC(c2ccccc2)c2ccccc2)C1=O. The van der Waals surface area contributed by atoms with Crippen LogP contribution >= 0.6 is 0 Å². The molecule has 2 atom stereocenters. The van der Waals surface area contributed by atoms with Crippen LogP contribution < -0.4 is 16.4 Å². The number of amides is 2. The third-order valence-corrected chi connectivity index (χ3v) is 7.87. The fourth-order valence-corrected chi connectivity index (χ4v) is 5.62. The summed E-state index contributed by atoms with van der Waals surface area (Å²) in [6.45, 7) is 2.06. The van der Waals surface area contributed by atoms with Crippen molar-refractivity contribution < 1.29 is 14.0 Å². The highest BCUT2D eigenvalue weighted by molar-refractivity contribution is 5.98. The van der Waals surface area contributed by atoms with Gasteiger partial charge in [0.1, 0.15) is 5.82 Å². The molecule has 5 rings (SSSR count). The molecule has 212 valence electrons. The minimum absolute atomic E-state index is 0.0501.